The van der Waals surface area contributed by atoms with Gasteiger partial charge in [0.1, 0.15) is 5.92 Å². The van der Waals surface area contributed by atoms with Crippen molar-refractivity contribution in [3.8, 4) is 0 Å². The molecule has 9 nitrogen and oxygen atoms in total. The number of nitrogens with zero attached hydrogens (tertiary/aromatic N) is 3. The zero-order valence-electron chi connectivity index (χ0n) is 11.2. The van der Waals surface area contributed by atoms with E-state index in [1.165, 1.54) is 11.9 Å². The monoisotopic (exact) mass is 284 g/mol. The molecule has 1 saturated heterocycles. The summed E-state index contributed by atoms with van der Waals surface area (Å²) in [7, 11) is 1.53. The molecule has 110 valence electrons. The molecule has 0 bridgehead atoms. The van der Waals surface area contributed by atoms with E-state index in [-0.39, 0.29) is 19.8 Å². The number of carboxylic acid groups (broad SMARTS) is 1. The van der Waals surface area contributed by atoms with Crippen LogP contribution in [0, 0.1) is 12.8 Å². The minimum absolute atomic E-state index is 0.113. The number of nitrogens with one attached hydrogen (secondary N) is 1. The van der Waals surface area contributed by atoms with E-state index in [9.17, 15) is 9.59 Å². The molecule has 2 amide bonds. The number of likely N-dealkylation sites (N-methyl/N-ethyl adjacent to an activating group) is 1. The Morgan fingerprint density at radius 3 is 2.85 bits per heavy atom. The summed E-state index contributed by atoms with van der Waals surface area (Å²) in [6.07, 6.45) is 0. The number of aromatic nitrogens is 2. The zero-order chi connectivity index (χ0) is 14.7. The Hall–Kier alpha value is -2.16. The predicted molar refractivity (Wildman–Crippen MR) is 64.8 cm³/mol. The van der Waals surface area contributed by atoms with Gasteiger partial charge in [0.15, 0.2) is 5.82 Å². The first-order chi connectivity index (χ1) is 9.49. The number of carbonyl (C=O) groups excluding carboxylic acids is 1. The lowest BCUT2D eigenvalue weighted by atomic mass is 10.0. The molecule has 2 atom stereocenters. The van der Waals surface area contributed by atoms with E-state index < -0.39 is 24.0 Å². The van der Waals surface area contributed by atoms with Gasteiger partial charge in [-0.05, 0) is 0 Å². The molecule has 2 N–H and O–H groups in total. The van der Waals surface area contributed by atoms with Crippen molar-refractivity contribution in [3.05, 3.63) is 11.7 Å². The van der Waals surface area contributed by atoms with Crippen LogP contribution in [0.1, 0.15) is 11.7 Å². The van der Waals surface area contributed by atoms with Crippen molar-refractivity contribution < 1.29 is 24.0 Å². The van der Waals surface area contributed by atoms with Gasteiger partial charge in [-0.3, -0.25) is 4.79 Å². The highest BCUT2D eigenvalue weighted by Crippen LogP contribution is 2.19. The van der Waals surface area contributed by atoms with Crippen LogP contribution in [0.5, 0.6) is 0 Å². The fourth-order valence-corrected chi connectivity index (χ4v) is 2.00. The zero-order valence-corrected chi connectivity index (χ0v) is 11.2. The summed E-state index contributed by atoms with van der Waals surface area (Å²) in [5, 5.41) is 15.3. The van der Waals surface area contributed by atoms with Gasteiger partial charge < -0.3 is 24.6 Å². The number of aryl methyl sites for hydroxylation is 1. The molecule has 0 aromatic carbocycles. The Balaban J connectivity index is 1.90. The Labute approximate surface area is 114 Å². The number of carbonyl (C=O) groups is 2. The summed E-state index contributed by atoms with van der Waals surface area (Å²) < 4.78 is 9.91. The Morgan fingerprint density at radius 2 is 2.25 bits per heavy atom. The van der Waals surface area contributed by atoms with Crippen LogP contribution >= 0.6 is 0 Å². The van der Waals surface area contributed by atoms with Crippen molar-refractivity contribution >= 4 is 12.0 Å². The van der Waals surface area contributed by atoms with Gasteiger partial charge in [-0.15, -0.1) is 0 Å². The highest BCUT2D eigenvalue weighted by Gasteiger charge is 2.38. The maximum Gasteiger partial charge on any atom is 0.317 e. The highest BCUT2D eigenvalue weighted by atomic mass is 16.5. The predicted octanol–water partition coefficient (Wildman–Crippen LogP) is -0.381. The maximum atomic E-state index is 12.0. The van der Waals surface area contributed by atoms with E-state index >= 15 is 0 Å². The van der Waals surface area contributed by atoms with Crippen LogP contribution in [0.4, 0.5) is 4.79 Å². The van der Waals surface area contributed by atoms with Crippen molar-refractivity contribution in [1.82, 2.24) is 20.4 Å². The summed E-state index contributed by atoms with van der Waals surface area (Å²) in [5.74, 6) is -0.904. The molecule has 2 heterocycles. The van der Waals surface area contributed by atoms with Gasteiger partial charge in [0.05, 0.1) is 25.8 Å². The minimum atomic E-state index is -0.971. The van der Waals surface area contributed by atoms with Gasteiger partial charge in [0, 0.05) is 14.0 Å². The summed E-state index contributed by atoms with van der Waals surface area (Å²) in [6, 6.07) is -0.895. The summed E-state index contributed by atoms with van der Waals surface area (Å²) in [6.45, 7) is 2.09. The van der Waals surface area contributed by atoms with Gasteiger partial charge in [0.2, 0.25) is 5.89 Å². The highest BCUT2D eigenvalue weighted by molar-refractivity contribution is 5.77. The molecule has 1 fully saturated rings. The average molecular weight is 284 g/mol. The molecule has 1 aromatic rings. The third-order valence-electron chi connectivity index (χ3n) is 3.15. The second kappa shape index (κ2) is 5.87. The number of hydrogen-bond acceptors (Lipinski definition) is 6. The summed E-state index contributed by atoms with van der Waals surface area (Å²) in [4.78, 5) is 28.3. The van der Waals surface area contributed by atoms with Gasteiger partial charge in [-0.1, -0.05) is 5.16 Å². The van der Waals surface area contributed by atoms with E-state index in [1.807, 2.05) is 0 Å². The summed E-state index contributed by atoms with van der Waals surface area (Å²) >= 11 is 0. The molecule has 20 heavy (non-hydrogen) atoms. The summed E-state index contributed by atoms with van der Waals surface area (Å²) in [5.41, 5.74) is 0. The van der Waals surface area contributed by atoms with Crippen molar-refractivity contribution in [2.75, 3.05) is 20.3 Å². The average Bonchev–Trinajstić information content (AvgIpc) is 3.03. The molecule has 1 aliphatic heterocycles. The fourth-order valence-electron chi connectivity index (χ4n) is 2.00. The first kappa shape index (κ1) is 14.3. The second-order valence-corrected chi connectivity index (χ2v) is 4.55. The number of ether oxygens (including phenoxy) is 1. The van der Waals surface area contributed by atoms with Gasteiger partial charge in [-0.25, -0.2) is 4.79 Å². The number of carboxylic acids is 1. The van der Waals surface area contributed by atoms with E-state index in [0.717, 1.165) is 0 Å². The molecule has 0 radical (unpaired) electrons. The van der Waals surface area contributed by atoms with Gasteiger partial charge in [-0.2, -0.15) is 4.98 Å². The van der Waals surface area contributed by atoms with Crippen molar-refractivity contribution in [3.63, 3.8) is 0 Å². The third kappa shape index (κ3) is 3.05. The molecular weight excluding hydrogens is 268 g/mol. The van der Waals surface area contributed by atoms with Crippen molar-refractivity contribution in [1.29, 1.82) is 0 Å². The quantitative estimate of drug-likeness (QED) is 0.773. The van der Waals surface area contributed by atoms with Crippen LogP contribution in [0.25, 0.3) is 0 Å². The molecule has 0 saturated carbocycles. The maximum absolute atomic E-state index is 12.0. The SMILES string of the molecule is Cc1nc(CNC(=O)N(C)C2COCC2C(=O)O)no1. The molecule has 1 aliphatic rings. The lowest BCUT2D eigenvalue weighted by Gasteiger charge is -2.26. The molecule has 0 aliphatic carbocycles. The van der Waals surface area contributed by atoms with E-state index in [1.54, 1.807) is 6.92 Å². The van der Waals surface area contributed by atoms with E-state index in [2.05, 4.69) is 15.5 Å². The number of urea groups is 1. The smallest absolute Gasteiger partial charge is 0.317 e. The van der Waals surface area contributed by atoms with Gasteiger partial charge >= 0.3 is 12.0 Å². The van der Waals surface area contributed by atoms with E-state index in [4.69, 9.17) is 14.4 Å². The van der Waals surface area contributed by atoms with Crippen LogP contribution < -0.4 is 5.32 Å². The topological polar surface area (TPSA) is 118 Å². The van der Waals surface area contributed by atoms with E-state index in [0.29, 0.717) is 11.7 Å². The fraction of sp³-hybridized carbons (Fsp3) is 0.636. The Bertz CT molecular complexity index is 503. The van der Waals surface area contributed by atoms with Crippen molar-refractivity contribution in [2.24, 2.45) is 5.92 Å². The molecule has 9 heteroatoms. The lowest BCUT2D eigenvalue weighted by molar-refractivity contribution is -0.142. The van der Waals surface area contributed by atoms with Crippen LogP contribution in [-0.2, 0) is 16.1 Å². The van der Waals surface area contributed by atoms with Crippen LogP contribution in [0.15, 0.2) is 4.52 Å². The molecule has 2 rings (SSSR count). The largest absolute Gasteiger partial charge is 0.481 e. The normalized spacial score (nSPS) is 21.7. The molecule has 0 spiro atoms. The number of rotatable bonds is 4. The first-order valence-electron chi connectivity index (χ1n) is 6.09. The molecular formula is C11H16N4O5. The number of amides is 2. The second-order valence-electron chi connectivity index (χ2n) is 4.55. The minimum Gasteiger partial charge on any atom is -0.481 e. The lowest BCUT2D eigenvalue weighted by Crippen LogP contribution is -2.48. The Morgan fingerprint density at radius 1 is 1.50 bits per heavy atom. The molecule has 1 aromatic heterocycles. The molecule has 2 unspecified atom stereocenters. The third-order valence-corrected chi connectivity index (χ3v) is 3.15. The standard InChI is InChI=1S/C11H16N4O5/c1-6-13-9(14-20-6)3-12-11(18)15(2)8-5-19-4-7(8)10(16)17/h7-8H,3-5H2,1-2H3,(H,12,18)(H,16,17). The van der Waals surface area contributed by atoms with Crippen molar-refractivity contribution in [2.45, 2.75) is 19.5 Å². The number of hydrogen-bond donors (Lipinski definition) is 2. The van der Waals surface area contributed by atoms with Crippen LogP contribution in [0.3, 0.4) is 0 Å². The van der Waals surface area contributed by atoms with Crippen LogP contribution in [0.2, 0.25) is 0 Å². The Kier molecular flexibility index (Phi) is 4.18. The first-order valence-corrected chi connectivity index (χ1v) is 6.09. The van der Waals surface area contributed by atoms with Gasteiger partial charge in [0.25, 0.3) is 0 Å². The number of aliphatic carboxylic acids is 1. The van der Waals surface area contributed by atoms with Crippen LogP contribution in [-0.4, -0.2) is 58.5 Å².